The van der Waals surface area contributed by atoms with Gasteiger partial charge in [0.15, 0.2) is 11.6 Å². The first-order chi connectivity index (χ1) is 11.4. The summed E-state index contributed by atoms with van der Waals surface area (Å²) in [5.41, 5.74) is -0.326. The molecule has 1 heterocycles. The highest BCUT2D eigenvalue weighted by atomic mass is 35.5. The third kappa shape index (κ3) is 2.92. The van der Waals surface area contributed by atoms with E-state index in [0.717, 1.165) is 6.07 Å². The van der Waals surface area contributed by atoms with Gasteiger partial charge in [0.2, 0.25) is 0 Å². The largest absolute Gasteiger partial charge is 0.417 e. The third-order valence-electron chi connectivity index (χ3n) is 3.39. The van der Waals surface area contributed by atoms with Crippen LogP contribution in [0.15, 0.2) is 55.1 Å². The molecule has 0 spiro atoms. The van der Waals surface area contributed by atoms with E-state index in [2.05, 4.69) is 16.7 Å². The first-order valence-electron chi connectivity index (χ1n) is 6.92. The summed E-state index contributed by atoms with van der Waals surface area (Å²) >= 11 is 6.12. The Morgan fingerprint density at radius 1 is 1.00 bits per heavy atom. The Morgan fingerprint density at radius 2 is 1.62 bits per heavy atom. The number of benzene rings is 2. The van der Waals surface area contributed by atoms with E-state index in [0.29, 0.717) is 10.6 Å². The van der Waals surface area contributed by atoms with Gasteiger partial charge in [0.25, 0.3) is 0 Å². The van der Waals surface area contributed by atoms with E-state index in [-0.39, 0.29) is 17.2 Å². The maximum absolute atomic E-state index is 13.3. The van der Waals surface area contributed by atoms with Crippen LogP contribution in [-0.4, -0.2) is 14.8 Å². The molecular formula is C17H11ClF3N3. The highest BCUT2D eigenvalue weighted by Gasteiger charge is 2.34. The lowest BCUT2D eigenvalue weighted by Gasteiger charge is -2.11. The predicted molar refractivity (Wildman–Crippen MR) is 87.3 cm³/mol. The van der Waals surface area contributed by atoms with Gasteiger partial charge in [0.1, 0.15) is 0 Å². The molecule has 0 aliphatic heterocycles. The summed E-state index contributed by atoms with van der Waals surface area (Å²) in [5, 5.41) is 4.61. The van der Waals surface area contributed by atoms with Crippen LogP contribution >= 0.6 is 11.6 Å². The van der Waals surface area contributed by atoms with Gasteiger partial charge in [-0.2, -0.15) is 13.2 Å². The molecule has 0 saturated heterocycles. The van der Waals surface area contributed by atoms with Crippen LogP contribution in [0, 0.1) is 0 Å². The Bertz CT molecular complexity index is 900. The lowest BCUT2D eigenvalue weighted by atomic mass is 10.1. The zero-order chi connectivity index (χ0) is 17.3. The van der Waals surface area contributed by atoms with Crippen molar-refractivity contribution in [1.29, 1.82) is 0 Å². The van der Waals surface area contributed by atoms with Crippen LogP contribution in [-0.2, 0) is 6.18 Å². The Hall–Kier alpha value is -2.60. The molecule has 0 N–H and O–H groups in total. The first-order valence-corrected chi connectivity index (χ1v) is 7.30. The first kappa shape index (κ1) is 16.3. The van der Waals surface area contributed by atoms with Gasteiger partial charge in [0.05, 0.1) is 10.6 Å². The van der Waals surface area contributed by atoms with Crippen LogP contribution in [0.4, 0.5) is 13.2 Å². The molecule has 3 rings (SSSR count). The maximum Gasteiger partial charge on any atom is 0.417 e. The van der Waals surface area contributed by atoms with Gasteiger partial charge in [-0.25, -0.2) is 9.67 Å². The van der Waals surface area contributed by atoms with Gasteiger partial charge in [-0.05, 0) is 18.2 Å². The quantitative estimate of drug-likeness (QED) is 0.635. The van der Waals surface area contributed by atoms with Crippen molar-refractivity contribution in [3.63, 3.8) is 0 Å². The van der Waals surface area contributed by atoms with Crippen LogP contribution < -0.4 is 0 Å². The normalized spacial score (nSPS) is 11.5. The van der Waals surface area contributed by atoms with E-state index in [4.69, 9.17) is 11.6 Å². The minimum atomic E-state index is -4.50. The van der Waals surface area contributed by atoms with Crippen LogP contribution in [0.3, 0.4) is 0 Å². The van der Waals surface area contributed by atoms with Crippen LogP contribution in [0.25, 0.3) is 29.0 Å². The summed E-state index contributed by atoms with van der Waals surface area (Å²) in [5.74, 6) is 0.278. The monoisotopic (exact) mass is 349 g/mol. The lowest BCUT2D eigenvalue weighted by Crippen LogP contribution is -2.08. The standard InChI is InChI=1S/C17H11ClF3N3/c1-2-24-16(11-7-3-5-9-13(11)17(19,20)21)22-15(23-24)12-8-4-6-10-14(12)18/h2-10H,1H2. The summed E-state index contributed by atoms with van der Waals surface area (Å²) in [4.78, 5) is 4.25. The number of hydrogen-bond acceptors (Lipinski definition) is 2. The van der Waals surface area contributed by atoms with Gasteiger partial charge in [-0.3, -0.25) is 0 Å². The average Bonchev–Trinajstić information content (AvgIpc) is 2.98. The van der Waals surface area contributed by atoms with Crippen molar-refractivity contribution in [2.45, 2.75) is 6.18 Å². The second kappa shape index (κ2) is 6.13. The molecule has 0 unspecified atom stereocenters. The second-order valence-corrected chi connectivity index (χ2v) is 5.32. The highest BCUT2D eigenvalue weighted by Crippen LogP contribution is 2.37. The molecule has 0 aliphatic carbocycles. The van der Waals surface area contributed by atoms with E-state index in [1.165, 1.54) is 29.1 Å². The van der Waals surface area contributed by atoms with E-state index in [9.17, 15) is 13.2 Å². The van der Waals surface area contributed by atoms with Gasteiger partial charge in [-0.15, -0.1) is 5.10 Å². The van der Waals surface area contributed by atoms with Crippen molar-refractivity contribution in [1.82, 2.24) is 14.8 Å². The van der Waals surface area contributed by atoms with E-state index < -0.39 is 11.7 Å². The zero-order valence-electron chi connectivity index (χ0n) is 12.3. The van der Waals surface area contributed by atoms with Gasteiger partial charge in [0, 0.05) is 17.3 Å². The molecule has 122 valence electrons. The predicted octanol–water partition coefficient (Wildman–Crippen LogP) is 5.38. The minimum Gasteiger partial charge on any atom is -0.220 e. The van der Waals surface area contributed by atoms with Crippen LogP contribution in [0.5, 0.6) is 0 Å². The van der Waals surface area contributed by atoms with Crippen molar-refractivity contribution in [2.75, 3.05) is 0 Å². The minimum absolute atomic E-state index is 0.0489. The summed E-state index contributed by atoms with van der Waals surface area (Å²) < 4.78 is 41.0. The van der Waals surface area contributed by atoms with Gasteiger partial charge in [-0.1, -0.05) is 48.5 Å². The molecule has 24 heavy (non-hydrogen) atoms. The van der Waals surface area contributed by atoms with Crippen molar-refractivity contribution in [3.05, 3.63) is 65.7 Å². The van der Waals surface area contributed by atoms with Gasteiger partial charge >= 0.3 is 6.18 Å². The van der Waals surface area contributed by atoms with Crippen LogP contribution in [0.2, 0.25) is 5.02 Å². The maximum atomic E-state index is 13.3. The van der Waals surface area contributed by atoms with E-state index in [1.807, 2.05) is 0 Å². The van der Waals surface area contributed by atoms with E-state index >= 15 is 0 Å². The Labute approximate surface area is 141 Å². The molecule has 0 fully saturated rings. The van der Waals surface area contributed by atoms with Crippen molar-refractivity contribution in [3.8, 4) is 22.8 Å². The summed E-state index contributed by atoms with van der Waals surface area (Å²) in [6.07, 6.45) is -3.20. The topological polar surface area (TPSA) is 30.7 Å². The smallest absolute Gasteiger partial charge is 0.220 e. The van der Waals surface area contributed by atoms with Crippen molar-refractivity contribution < 1.29 is 13.2 Å². The average molecular weight is 350 g/mol. The number of aromatic nitrogens is 3. The van der Waals surface area contributed by atoms with E-state index in [1.54, 1.807) is 24.3 Å². The second-order valence-electron chi connectivity index (χ2n) is 4.91. The fourth-order valence-corrected chi connectivity index (χ4v) is 2.54. The number of hydrogen-bond donors (Lipinski definition) is 0. The SMILES string of the molecule is C=Cn1nc(-c2ccccc2Cl)nc1-c1ccccc1C(F)(F)F. The lowest BCUT2D eigenvalue weighted by molar-refractivity contribution is -0.137. The molecule has 0 bridgehead atoms. The molecule has 3 nitrogen and oxygen atoms in total. The van der Waals surface area contributed by atoms with Crippen molar-refractivity contribution >= 4 is 17.8 Å². The fraction of sp³-hybridized carbons (Fsp3) is 0.0588. The highest BCUT2D eigenvalue weighted by molar-refractivity contribution is 6.33. The Kier molecular flexibility index (Phi) is 4.15. The molecule has 2 aromatic carbocycles. The van der Waals surface area contributed by atoms with Crippen molar-refractivity contribution in [2.24, 2.45) is 0 Å². The van der Waals surface area contributed by atoms with Crippen LogP contribution in [0.1, 0.15) is 5.56 Å². The zero-order valence-corrected chi connectivity index (χ0v) is 13.0. The molecule has 7 heteroatoms. The number of alkyl halides is 3. The molecule has 0 radical (unpaired) electrons. The summed E-state index contributed by atoms with van der Waals surface area (Å²) in [6, 6.07) is 12.1. The molecule has 0 atom stereocenters. The fourth-order valence-electron chi connectivity index (χ4n) is 2.32. The molecular weight excluding hydrogens is 339 g/mol. The number of halogens is 4. The Balaban J connectivity index is 2.21. The summed E-state index contributed by atoms with van der Waals surface area (Å²) in [7, 11) is 0. The molecule has 1 aromatic heterocycles. The number of rotatable bonds is 3. The Morgan fingerprint density at radius 3 is 2.25 bits per heavy atom. The molecule has 3 aromatic rings. The molecule has 0 amide bonds. The third-order valence-corrected chi connectivity index (χ3v) is 3.72. The molecule has 0 saturated carbocycles. The number of nitrogens with zero attached hydrogens (tertiary/aromatic N) is 3. The molecule has 0 aliphatic rings. The summed E-state index contributed by atoms with van der Waals surface area (Å²) in [6.45, 7) is 3.58. The van der Waals surface area contributed by atoms with Gasteiger partial charge < -0.3 is 0 Å².